The molecule has 0 unspecified atom stereocenters. The van der Waals surface area contributed by atoms with Gasteiger partial charge < -0.3 is 30.0 Å². The Labute approximate surface area is 256 Å². The first-order valence-corrected chi connectivity index (χ1v) is 15.6. The number of ketones is 1. The van der Waals surface area contributed by atoms with Gasteiger partial charge in [-0.05, 0) is 67.7 Å². The molecule has 1 aromatic heterocycles. The number of carbonyl (C=O) groups excluding carboxylic acids is 4. The molecule has 2 aliphatic heterocycles. The van der Waals surface area contributed by atoms with Crippen LogP contribution in [-0.4, -0.2) is 72.3 Å². The van der Waals surface area contributed by atoms with Gasteiger partial charge in [0.25, 0.3) is 5.91 Å². The van der Waals surface area contributed by atoms with Crippen molar-refractivity contribution in [2.75, 3.05) is 26.8 Å². The third kappa shape index (κ3) is 6.22. The Bertz CT molecular complexity index is 1520. The smallest absolute Gasteiger partial charge is 0.271 e. The number of rotatable bonds is 11. The summed E-state index contributed by atoms with van der Waals surface area (Å²) in [5.41, 5.74) is 2.11. The molecule has 10 heteroatoms. The molecule has 3 aliphatic rings. The van der Waals surface area contributed by atoms with E-state index in [1.165, 1.54) is 0 Å². The summed E-state index contributed by atoms with van der Waals surface area (Å²) < 4.78 is 11.2. The van der Waals surface area contributed by atoms with E-state index in [1.54, 1.807) is 18.1 Å². The van der Waals surface area contributed by atoms with E-state index in [-0.39, 0.29) is 60.9 Å². The highest BCUT2D eigenvalue weighted by Gasteiger charge is 2.50. The van der Waals surface area contributed by atoms with Gasteiger partial charge in [-0.3, -0.25) is 19.2 Å². The minimum Gasteiger partial charge on any atom is -0.496 e. The zero-order valence-electron chi connectivity index (χ0n) is 25.1. The third-order valence-electron chi connectivity index (χ3n) is 9.47. The van der Waals surface area contributed by atoms with E-state index < -0.39 is 12.1 Å². The van der Waals surface area contributed by atoms with Crippen LogP contribution in [0.1, 0.15) is 54.6 Å². The molecule has 44 heavy (non-hydrogen) atoms. The summed E-state index contributed by atoms with van der Waals surface area (Å²) in [5.74, 6) is -0.466. The minimum absolute atomic E-state index is 0.0147. The monoisotopic (exact) mass is 600 g/mol. The number of nitrogens with one attached hydrogen (secondary N) is 3. The van der Waals surface area contributed by atoms with Crippen molar-refractivity contribution in [1.29, 1.82) is 0 Å². The van der Waals surface area contributed by atoms with E-state index in [0.717, 1.165) is 42.1 Å². The van der Waals surface area contributed by atoms with E-state index >= 15 is 0 Å². The summed E-state index contributed by atoms with van der Waals surface area (Å²) >= 11 is 0. The fourth-order valence-electron chi connectivity index (χ4n) is 7.24. The van der Waals surface area contributed by atoms with Crippen molar-refractivity contribution in [3.63, 3.8) is 0 Å². The van der Waals surface area contributed by atoms with Gasteiger partial charge in [0.05, 0.1) is 19.8 Å². The lowest BCUT2D eigenvalue weighted by molar-refractivity contribution is -0.134. The van der Waals surface area contributed by atoms with E-state index in [9.17, 15) is 19.2 Å². The Kier molecular flexibility index (Phi) is 8.97. The number of methoxy groups -OCH3 is 1. The molecule has 0 bridgehead atoms. The molecule has 3 N–H and O–H groups in total. The van der Waals surface area contributed by atoms with Crippen molar-refractivity contribution in [1.82, 2.24) is 20.5 Å². The van der Waals surface area contributed by atoms with Gasteiger partial charge in [0.15, 0.2) is 5.78 Å². The number of piperidine rings is 1. The van der Waals surface area contributed by atoms with Crippen LogP contribution in [0.5, 0.6) is 5.75 Å². The number of ether oxygens (including phenoxy) is 2. The van der Waals surface area contributed by atoms with Crippen LogP contribution in [0.3, 0.4) is 0 Å². The molecule has 3 aromatic rings. The Morgan fingerprint density at radius 3 is 2.68 bits per heavy atom. The van der Waals surface area contributed by atoms with Crippen LogP contribution in [0.15, 0.2) is 54.6 Å². The average Bonchev–Trinajstić information content (AvgIpc) is 3.76. The number of H-pyrrole nitrogens is 1. The zero-order chi connectivity index (χ0) is 30.6. The number of carbonyl (C=O) groups is 4. The molecule has 1 aliphatic carbocycles. The maximum Gasteiger partial charge on any atom is 0.271 e. The Morgan fingerprint density at radius 2 is 1.89 bits per heavy atom. The molecule has 10 nitrogen and oxygen atoms in total. The van der Waals surface area contributed by atoms with E-state index in [2.05, 4.69) is 15.6 Å². The molecule has 3 fully saturated rings. The van der Waals surface area contributed by atoms with Crippen LogP contribution in [0.2, 0.25) is 0 Å². The fourth-order valence-corrected chi connectivity index (χ4v) is 7.24. The summed E-state index contributed by atoms with van der Waals surface area (Å²) in [5, 5.41) is 6.67. The standard InChI is InChI=1S/C34H40N4O6/c1-43-30-14-6-13-26-25(30)17-28(36-26)34(42)38-18-23-10-5-12-24(23)31(38)33(41)37-27(16-22-11-7-15-35-32(22)40)29(39)20-44-19-21-8-3-2-4-9-21/h2-4,6,8-9,13-14,17,22-24,27,31,36H,5,7,10-12,15-16,18-20H2,1H3,(H,35,40)(H,37,41)/t22-,23-,24-,27-,31-/m0/s1. The lowest BCUT2D eigenvalue weighted by atomic mass is 9.89. The highest BCUT2D eigenvalue weighted by molar-refractivity contribution is 6.02. The number of nitrogens with zero attached hydrogens (tertiary/aromatic N) is 1. The summed E-state index contributed by atoms with van der Waals surface area (Å²) in [6.45, 7) is 1.17. The van der Waals surface area contributed by atoms with Gasteiger partial charge >= 0.3 is 0 Å². The number of aromatic nitrogens is 1. The molecule has 5 atom stereocenters. The molecule has 2 saturated heterocycles. The first-order valence-electron chi connectivity index (χ1n) is 15.6. The lowest BCUT2D eigenvalue weighted by Gasteiger charge is -2.30. The van der Waals surface area contributed by atoms with Crippen LogP contribution >= 0.6 is 0 Å². The molecule has 3 heterocycles. The predicted octanol–water partition coefficient (Wildman–Crippen LogP) is 3.60. The van der Waals surface area contributed by atoms with Crippen LogP contribution in [0.4, 0.5) is 0 Å². The number of Topliss-reactive ketones (excluding diaryl/α,β-unsaturated/α-hetero) is 1. The Hall–Kier alpha value is -4.18. The van der Waals surface area contributed by atoms with Crippen molar-refractivity contribution in [3.8, 4) is 5.75 Å². The molecule has 2 aromatic carbocycles. The van der Waals surface area contributed by atoms with Gasteiger partial charge in [-0.15, -0.1) is 0 Å². The minimum atomic E-state index is -0.901. The second-order valence-corrected chi connectivity index (χ2v) is 12.2. The number of fused-ring (bicyclic) bond motifs is 2. The number of aromatic amines is 1. The number of benzene rings is 2. The summed E-state index contributed by atoms with van der Waals surface area (Å²) in [6, 6.07) is 15.3. The molecule has 232 valence electrons. The topological polar surface area (TPSA) is 130 Å². The molecule has 6 rings (SSSR count). The molecular formula is C34H40N4O6. The van der Waals surface area contributed by atoms with Gasteiger partial charge in [-0.1, -0.05) is 42.8 Å². The van der Waals surface area contributed by atoms with Gasteiger partial charge in [0, 0.05) is 29.9 Å². The molecule has 1 saturated carbocycles. The SMILES string of the molecule is COc1cccc2[nH]c(C(=O)N3C[C@@H]4CCC[C@@H]4[C@H]3C(=O)N[C@@H](C[C@@H]3CCCNC3=O)C(=O)COCc3ccccc3)cc12. The van der Waals surface area contributed by atoms with Gasteiger partial charge in [0.2, 0.25) is 11.8 Å². The second-order valence-electron chi connectivity index (χ2n) is 12.2. The maximum absolute atomic E-state index is 14.1. The quantitative estimate of drug-likeness (QED) is 0.309. The van der Waals surface area contributed by atoms with E-state index in [1.807, 2.05) is 48.5 Å². The summed E-state index contributed by atoms with van der Waals surface area (Å²) in [7, 11) is 1.59. The van der Waals surface area contributed by atoms with Crippen molar-refractivity contribution in [2.45, 2.75) is 57.2 Å². The molecule has 0 spiro atoms. The van der Waals surface area contributed by atoms with Crippen molar-refractivity contribution >= 4 is 34.4 Å². The van der Waals surface area contributed by atoms with Crippen molar-refractivity contribution < 1.29 is 28.7 Å². The first-order chi connectivity index (χ1) is 21.4. The van der Waals surface area contributed by atoms with Crippen LogP contribution in [-0.2, 0) is 25.7 Å². The number of hydrogen-bond donors (Lipinski definition) is 3. The summed E-state index contributed by atoms with van der Waals surface area (Å²) in [6.07, 6.45) is 4.47. The average molecular weight is 601 g/mol. The number of likely N-dealkylation sites (tertiary alicyclic amines) is 1. The third-order valence-corrected chi connectivity index (χ3v) is 9.47. The van der Waals surface area contributed by atoms with Gasteiger partial charge in [-0.25, -0.2) is 0 Å². The van der Waals surface area contributed by atoms with Gasteiger partial charge in [-0.2, -0.15) is 0 Å². The largest absolute Gasteiger partial charge is 0.496 e. The fraction of sp³-hybridized carbons (Fsp3) is 0.471. The zero-order valence-corrected chi connectivity index (χ0v) is 25.1. The molecular weight excluding hydrogens is 560 g/mol. The van der Waals surface area contributed by atoms with Crippen LogP contribution in [0.25, 0.3) is 10.9 Å². The number of amides is 3. The number of hydrogen-bond acceptors (Lipinski definition) is 6. The van der Waals surface area contributed by atoms with Crippen LogP contribution in [0, 0.1) is 17.8 Å². The van der Waals surface area contributed by atoms with Crippen molar-refractivity contribution in [3.05, 3.63) is 65.9 Å². The van der Waals surface area contributed by atoms with Crippen LogP contribution < -0.4 is 15.4 Å². The Balaban J connectivity index is 1.21. The normalized spacial score (nSPS) is 23.7. The molecule has 3 amide bonds. The second kappa shape index (κ2) is 13.2. The highest BCUT2D eigenvalue weighted by Crippen LogP contribution is 2.43. The van der Waals surface area contributed by atoms with E-state index in [0.29, 0.717) is 31.0 Å². The molecule has 0 radical (unpaired) electrons. The highest BCUT2D eigenvalue weighted by atomic mass is 16.5. The van der Waals surface area contributed by atoms with Crippen molar-refractivity contribution in [2.24, 2.45) is 17.8 Å². The van der Waals surface area contributed by atoms with E-state index in [4.69, 9.17) is 9.47 Å². The lowest BCUT2D eigenvalue weighted by Crippen LogP contribution is -2.54. The predicted molar refractivity (Wildman–Crippen MR) is 164 cm³/mol. The Morgan fingerprint density at radius 1 is 1.05 bits per heavy atom. The summed E-state index contributed by atoms with van der Waals surface area (Å²) in [4.78, 5) is 59.1. The maximum atomic E-state index is 14.1. The first kappa shape index (κ1) is 29.9. The van der Waals surface area contributed by atoms with Gasteiger partial charge in [0.1, 0.15) is 24.1 Å².